The number of methoxy groups -OCH3 is 1. The summed E-state index contributed by atoms with van der Waals surface area (Å²) in [7, 11) is 1.68. The van der Waals surface area contributed by atoms with E-state index in [2.05, 4.69) is 5.32 Å². The predicted octanol–water partition coefficient (Wildman–Crippen LogP) is 1.19. The molecule has 0 heterocycles. The highest BCUT2D eigenvalue weighted by Gasteiger charge is 2.13. The molecule has 0 fully saturated rings. The van der Waals surface area contributed by atoms with Gasteiger partial charge < -0.3 is 20.9 Å². The van der Waals surface area contributed by atoms with Crippen LogP contribution in [0.5, 0.6) is 5.75 Å². The highest BCUT2D eigenvalue weighted by atomic mass is 16.5. The van der Waals surface area contributed by atoms with E-state index < -0.39 is 6.04 Å². The van der Waals surface area contributed by atoms with Crippen molar-refractivity contribution in [3.05, 3.63) is 29.8 Å². The molecule has 1 rings (SSSR count). The lowest BCUT2D eigenvalue weighted by molar-refractivity contribution is -0.122. The minimum atomic E-state index is -0.557. The number of unbranched alkanes of at least 4 members (excludes halogenated alkanes) is 2. The van der Waals surface area contributed by atoms with Crippen LogP contribution in [0.4, 0.5) is 0 Å². The van der Waals surface area contributed by atoms with Crippen LogP contribution in [0.2, 0.25) is 0 Å². The van der Waals surface area contributed by atoms with Crippen LogP contribution in [-0.4, -0.2) is 37.3 Å². The Morgan fingerprint density at radius 1 is 1.30 bits per heavy atom. The van der Waals surface area contributed by atoms with Gasteiger partial charge in [-0.25, -0.2) is 0 Å². The number of hydrogen-bond acceptors (Lipinski definition) is 4. The van der Waals surface area contributed by atoms with Crippen LogP contribution in [0.1, 0.15) is 24.8 Å². The van der Waals surface area contributed by atoms with Gasteiger partial charge in [0, 0.05) is 20.3 Å². The van der Waals surface area contributed by atoms with Gasteiger partial charge in [0.15, 0.2) is 0 Å². The Kier molecular flexibility index (Phi) is 7.69. The Hall–Kier alpha value is -1.59. The first-order chi connectivity index (χ1) is 9.63. The third-order valence-corrected chi connectivity index (χ3v) is 3.05. The van der Waals surface area contributed by atoms with Gasteiger partial charge in [-0.15, -0.1) is 0 Å². The van der Waals surface area contributed by atoms with Crippen molar-refractivity contribution in [1.29, 1.82) is 0 Å². The molecule has 20 heavy (non-hydrogen) atoms. The van der Waals surface area contributed by atoms with E-state index in [1.807, 2.05) is 0 Å². The van der Waals surface area contributed by atoms with Crippen LogP contribution in [0.3, 0.4) is 0 Å². The zero-order valence-electron chi connectivity index (χ0n) is 12.0. The number of nitrogens with two attached hydrogens (primary N) is 1. The van der Waals surface area contributed by atoms with Gasteiger partial charge in [0.05, 0.1) is 6.04 Å². The molecule has 0 aliphatic carbocycles. The van der Waals surface area contributed by atoms with Crippen molar-refractivity contribution in [1.82, 2.24) is 5.32 Å². The maximum atomic E-state index is 11.8. The molecular formula is C15H24N2O3. The van der Waals surface area contributed by atoms with Gasteiger partial charge in [-0.1, -0.05) is 12.1 Å². The van der Waals surface area contributed by atoms with Crippen LogP contribution in [-0.2, 0) is 16.0 Å². The molecule has 1 amide bonds. The average Bonchev–Trinajstić information content (AvgIpc) is 2.45. The van der Waals surface area contributed by atoms with Gasteiger partial charge in [0.1, 0.15) is 5.75 Å². The summed E-state index contributed by atoms with van der Waals surface area (Å²) in [6.07, 6.45) is 3.43. The fourth-order valence-electron chi connectivity index (χ4n) is 1.87. The lowest BCUT2D eigenvalue weighted by Gasteiger charge is -2.12. The number of phenolic OH excluding ortho intramolecular Hbond substituents is 1. The van der Waals surface area contributed by atoms with Gasteiger partial charge in [-0.2, -0.15) is 0 Å². The second kappa shape index (κ2) is 9.34. The summed E-state index contributed by atoms with van der Waals surface area (Å²) in [6, 6.07) is 6.17. The van der Waals surface area contributed by atoms with Crippen LogP contribution >= 0.6 is 0 Å². The molecule has 112 valence electrons. The molecule has 5 heteroatoms. The molecule has 1 atom stereocenters. The smallest absolute Gasteiger partial charge is 0.237 e. The molecule has 0 saturated carbocycles. The lowest BCUT2D eigenvalue weighted by Crippen LogP contribution is -2.42. The predicted molar refractivity (Wildman–Crippen MR) is 78.5 cm³/mol. The Morgan fingerprint density at radius 3 is 2.65 bits per heavy atom. The molecule has 0 radical (unpaired) electrons. The monoisotopic (exact) mass is 280 g/mol. The quantitative estimate of drug-likeness (QED) is 0.593. The van der Waals surface area contributed by atoms with Crippen LogP contribution < -0.4 is 11.1 Å². The summed E-state index contributed by atoms with van der Waals surface area (Å²) in [5.74, 6) is 0.0765. The van der Waals surface area contributed by atoms with E-state index in [4.69, 9.17) is 10.5 Å². The third kappa shape index (κ3) is 6.54. The second-order valence-electron chi connectivity index (χ2n) is 4.82. The molecule has 1 unspecified atom stereocenters. The number of ether oxygens (including phenoxy) is 1. The summed E-state index contributed by atoms with van der Waals surface area (Å²) in [6.45, 7) is 1.40. The Balaban J connectivity index is 2.20. The maximum absolute atomic E-state index is 11.8. The van der Waals surface area contributed by atoms with E-state index in [-0.39, 0.29) is 11.7 Å². The molecule has 5 nitrogen and oxygen atoms in total. The van der Waals surface area contributed by atoms with E-state index in [0.29, 0.717) is 13.0 Å². The maximum Gasteiger partial charge on any atom is 0.237 e. The SMILES string of the molecule is COCCCCCNC(=O)C(N)Cc1ccc(O)cc1. The standard InChI is InChI=1S/C15H24N2O3/c1-20-10-4-2-3-9-17-15(19)14(16)11-12-5-7-13(18)8-6-12/h5-8,14,18H,2-4,9-11,16H2,1H3,(H,17,19). The van der Waals surface area contributed by atoms with Crippen molar-refractivity contribution in [2.45, 2.75) is 31.7 Å². The summed E-state index contributed by atoms with van der Waals surface area (Å²) in [4.78, 5) is 11.8. The summed E-state index contributed by atoms with van der Waals surface area (Å²) in [5, 5.41) is 12.0. The van der Waals surface area contributed by atoms with Crippen molar-refractivity contribution in [3.8, 4) is 5.75 Å². The third-order valence-electron chi connectivity index (χ3n) is 3.05. The van der Waals surface area contributed by atoms with E-state index in [0.717, 1.165) is 31.4 Å². The van der Waals surface area contributed by atoms with E-state index in [9.17, 15) is 9.90 Å². The number of carbonyl (C=O) groups is 1. The number of hydrogen-bond donors (Lipinski definition) is 3. The number of benzene rings is 1. The van der Waals surface area contributed by atoms with Gasteiger partial charge in [0.25, 0.3) is 0 Å². The van der Waals surface area contributed by atoms with E-state index >= 15 is 0 Å². The molecule has 0 aliphatic rings. The minimum Gasteiger partial charge on any atom is -0.508 e. The van der Waals surface area contributed by atoms with Gasteiger partial charge >= 0.3 is 0 Å². The number of rotatable bonds is 9. The molecule has 1 aromatic rings. The molecule has 0 bridgehead atoms. The first kappa shape index (κ1) is 16.5. The number of carbonyl (C=O) groups excluding carboxylic acids is 1. The molecule has 0 saturated heterocycles. The fourth-order valence-corrected chi connectivity index (χ4v) is 1.87. The Bertz CT molecular complexity index is 393. The van der Waals surface area contributed by atoms with E-state index in [1.54, 1.807) is 31.4 Å². The zero-order chi connectivity index (χ0) is 14.8. The zero-order valence-corrected chi connectivity index (χ0v) is 12.0. The summed E-state index contributed by atoms with van der Waals surface area (Å²) < 4.78 is 4.96. The van der Waals surface area contributed by atoms with Gasteiger partial charge in [0.2, 0.25) is 5.91 Å². The first-order valence-electron chi connectivity index (χ1n) is 6.93. The second-order valence-corrected chi connectivity index (χ2v) is 4.82. The summed E-state index contributed by atoms with van der Waals surface area (Å²) >= 11 is 0. The lowest BCUT2D eigenvalue weighted by atomic mass is 10.1. The van der Waals surface area contributed by atoms with Crippen molar-refractivity contribution < 1.29 is 14.6 Å². The molecule has 0 aliphatic heterocycles. The number of nitrogens with one attached hydrogen (secondary N) is 1. The number of amides is 1. The van der Waals surface area contributed by atoms with Crippen LogP contribution in [0, 0.1) is 0 Å². The highest BCUT2D eigenvalue weighted by molar-refractivity contribution is 5.81. The largest absolute Gasteiger partial charge is 0.508 e. The minimum absolute atomic E-state index is 0.134. The first-order valence-corrected chi connectivity index (χ1v) is 6.93. The van der Waals surface area contributed by atoms with Crippen LogP contribution in [0.15, 0.2) is 24.3 Å². The Morgan fingerprint density at radius 2 is 2.00 bits per heavy atom. The van der Waals surface area contributed by atoms with Crippen molar-refractivity contribution in [2.75, 3.05) is 20.3 Å². The fraction of sp³-hybridized carbons (Fsp3) is 0.533. The molecule has 0 aromatic heterocycles. The van der Waals surface area contributed by atoms with Crippen molar-refractivity contribution in [3.63, 3.8) is 0 Å². The molecule has 0 spiro atoms. The highest BCUT2D eigenvalue weighted by Crippen LogP contribution is 2.10. The molecule has 4 N–H and O–H groups in total. The number of phenols is 1. The summed E-state index contributed by atoms with van der Waals surface area (Å²) in [5.41, 5.74) is 6.79. The van der Waals surface area contributed by atoms with Crippen molar-refractivity contribution >= 4 is 5.91 Å². The van der Waals surface area contributed by atoms with E-state index in [1.165, 1.54) is 0 Å². The van der Waals surface area contributed by atoms with Gasteiger partial charge in [-0.3, -0.25) is 4.79 Å². The Labute approximate surface area is 120 Å². The number of aromatic hydroxyl groups is 1. The average molecular weight is 280 g/mol. The normalized spacial score (nSPS) is 12.1. The molecule has 1 aromatic carbocycles. The van der Waals surface area contributed by atoms with Crippen molar-refractivity contribution in [2.24, 2.45) is 5.73 Å². The topological polar surface area (TPSA) is 84.6 Å². The van der Waals surface area contributed by atoms with Gasteiger partial charge in [-0.05, 0) is 43.4 Å². The molecular weight excluding hydrogens is 256 g/mol. The van der Waals surface area contributed by atoms with Crippen LogP contribution in [0.25, 0.3) is 0 Å².